The lowest BCUT2D eigenvalue weighted by Gasteiger charge is -2.48. The molecule has 1 atom stereocenters. The molecule has 0 bridgehead atoms. The molecule has 0 spiro atoms. The van der Waals surface area contributed by atoms with Crippen molar-refractivity contribution in [2.75, 3.05) is 13.7 Å². The van der Waals surface area contributed by atoms with Crippen molar-refractivity contribution in [2.24, 2.45) is 0 Å². The number of nitro benzene ring substituents is 1. The molecule has 1 aliphatic rings. The summed E-state index contributed by atoms with van der Waals surface area (Å²) < 4.78 is 10.8. The standard InChI is InChI=1S/C20H24N2O6/c1-19(2)20(23,24)18(21-10-9-13-7-5-4-6-8-13)14-11-17(27-3)15(22(25)26)12-16(14)28-19/h4-8,11-12,18,21,23-24H,9-10H2,1-3H3. The van der Waals surface area contributed by atoms with Crippen LogP contribution in [0.15, 0.2) is 42.5 Å². The second-order valence-electron chi connectivity index (χ2n) is 7.28. The highest BCUT2D eigenvalue weighted by atomic mass is 16.6. The van der Waals surface area contributed by atoms with E-state index >= 15 is 0 Å². The largest absolute Gasteiger partial charge is 0.490 e. The lowest BCUT2D eigenvalue weighted by atomic mass is 9.82. The Morgan fingerprint density at radius 2 is 1.93 bits per heavy atom. The van der Waals surface area contributed by atoms with Crippen molar-refractivity contribution in [1.82, 2.24) is 5.32 Å². The maximum absolute atomic E-state index is 11.3. The first kappa shape index (κ1) is 20.1. The first-order chi connectivity index (χ1) is 13.2. The van der Waals surface area contributed by atoms with Crippen LogP contribution < -0.4 is 14.8 Å². The summed E-state index contributed by atoms with van der Waals surface area (Å²) in [6.45, 7) is 3.52. The molecule has 28 heavy (non-hydrogen) atoms. The minimum Gasteiger partial charge on any atom is -0.490 e. The smallest absolute Gasteiger partial charge is 0.314 e. The zero-order chi connectivity index (χ0) is 20.5. The number of nitrogens with zero attached hydrogens (tertiary/aromatic N) is 1. The van der Waals surface area contributed by atoms with Crippen LogP contribution in [-0.2, 0) is 6.42 Å². The summed E-state index contributed by atoms with van der Waals surface area (Å²) >= 11 is 0. The van der Waals surface area contributed by atoms with Crippen molar-refractivity contribution < 1.29 is 24.6 Å². The van der Waals surface area contributed by atoms with E-state index < -0.39 is 22.4 Å². The molecule has 0 radical (unpaired) electrons. The summed E-state index contributed by atoms with van der Waals surface area (Å²) in [5, 5.41) is 36.2. The number of aliphatic hydroxyl groups is 2. The van der Waals surface area contributed by atoms with Gasteiger partial charge in [0.1, 0.15) is 5.75 Å². The summed E-state index contributed by atoms with van der Waals surface area (Å²) in [4.78, 5) is 10.8. The Hall–Kier alpha value is -2.68. The van der Waals surface area contributed by atoms with Crippen LogP contribution in [0.25, 0.3) is 0 Å². The van der Waals surface area contributed by atoms with E-state index in [0.717, 1.165) is 5.56 Å². The molecule has 8 nitrogen and oxygen atoms in total. The number of nitrogens with one attached hydrogen (secondary N) is 1. The molecule has 1 unspecified atom stereocenters. The van der Waals surface area contributed by atoms with E-state index in [1.165, 1.54) is 33.1 Å². The van der Waals surface area contributed by atoms with Crippen LogP contribution in [0.5, 0.6) is 11.5 Å². The van der Waals surface area contributed by atoms with E-state index in [4.69, 9.17) is 9.47 Å². The van der Waals surface area contributed by atoms with Crippen molar-refractivity contribution in [3.63, 3.8) is 0 Å². The van der Waals surface area contributed by atoms with Gasteiger partial charge in [-0.1, -0.05) is 30.3 Å². The van der Waals surface area contributed by atoms with Crippen molar-refractivity contribution in [2.45, 2.75) is 37.7 Å². The van der Waals surface area contributed by atoms with Crippen LogP contribution in [0.2, 0.25) is 0 Å². The molecule has 0 saturated heterocycles. The second kappa shape index (κ2) is 7.38. The van der Waals surface area contributed by atoms with Gasteiger partial charge in [0.05, 0.1) is 24.1 Å². The Morgan fingerprint density at radius 3 is 2.54 bits per heavy atom. The minimum atomic E-state index is -2.25. The van der Waals surface area contributed by atoms with E-state index in [9.17, 15) is 20.3 Å². The quantitative estimate of drug-likeness (QED) is 0.395. The fourth-order valence-electron chi connectivity index (χ4n) is 3.36. The molecule has 1 aliphatic heterocycles. The Bertz CT molecular complexity index is 866. The monoisotopic (exact) mass is 388 g/mol. The Morgan fingerprint density at radius 1 is 1.25 bits per heavy atom. The number of fused-ring (bicyclic) bond motifs is 1. The molecule has 0 saturated carbocycles. The lowest BCUT2D eigenvalue weighted by Crippen LogP contribution is -2.63. The normalized spacial score (nSPS) is 19.4. The van der Waals surface area contributed by atoms with E-state index in [0.29, 0.717) is 18.5 Å². The number of methoxy groups -OCH3 is 1. The fourth-order valence-corrected chi connectivity index (χ4v) is 3.36. The highest BCUT2D eigenvalue weighted by Gasteiger charge is 2.55. The Labute approximate surface area is 162 Å². The average Bonchev–Trinajstić information content (AvgIpc) is 2.64. The fraction of sp³-hybridized carbons (Fsp3) is 0.400. The van der Waals surface area contributed by atoms with Crippen LogP contribution in [0.3, 0.4) is 0 Å². The molecule has 0 fully saturated rings. The third kappa shape index (κ3) is 3.54. The number of ether oxygens (including phenoxy) is 2. The number of nitro groups is 1. The molecule has 150 valence electrons. The van der Waals surface area contributed by atoms with Crippen LogP contribution in [-0.4, -0.2) is 40.2 Å². The second-order valence-corrected chi connectivity index (χ2v) is 7.28. The van der Waals surface area contributed by atoms with Crippen molar-refractivity contribution in [3.8, 4) is 11.5 Å². The summed E-state index contributed by atoms with van der Waals surface area (Å²) in [5.41, 5.74) is -0.153. The van der Waals surface area contributed by atoms with Crippen molar-refractivity contribution >= 4 is 5.69 Å². The van der Waals surface area contributed by atoms with E-state index in [1.54, 1.807) is 0 Å². The van der Waals surface area contributed by atoms with Gasteiger partial charge in [-0.15, -0.1) is 0 Å². The maximum atomic E-state index is 11.3. The first-order valence-electron chi connectivity index (χ1n) is 8.95. The summed E-state index contributed by atoms with van der Waals surface area (Å²) in [5.74, 6) is -2.01. The van der Waals surface area contributed by atoms with Crippen LogP contribution in [0.1, 0.15) is 31.0 Å². The predicted molar refractivity (Wildman–Crippen MR) is 102 cm³/mol. The predicted octanol–water partition coefficient (Wildman–Crippen LogP) is 2.33. The molecule has 3 rings (SSSR count). The zero-order valence-corrected chi connectivity index (χ0v) is 16.0. The molecule has 0 amide bonds. The number of hydrogen-bond donors (Lipinski definition) is 3. The van der Waals surface area contributed by atoms with Gasteiger partial charge in [-0.05, 0) is 38.4 Å². The molecule has 0 aliphatic carbocycles. The van der Waals surface area contributed by atoms with Gasteiger partial charge in [-0.2, -0.15) is 0 Å². The third-order valence-electron chi connectivity index (χ3n) is 5.08. The topological polar surface area (TPSA) is 114 Å². The zero-order valence-electron chi connectivity index (χ0n) is 16.0. The Balaban J connectivity index is 1.96. The maximum Gasteiger partial charge on any atom is 0.314 e. The van der Waals surface area contributed by atoms with Gasteiger partial charge in [0, 0.05) is 5.56 Å². The van der Waals surface area contributed by atoms with E-state index in [-0.39, 0.29) is 17.2 Å². The van der Waals surface area contributed by atoms with Crippen LogP contribution in [0.4, 0.5) is 5.69 Å². The van der Waals surface area contributed by atoms with Gasteiger partial charge in [0.25, 0.3) is 0 Å². The van der Waals surface area contributed by atoms with Gasteiger partial charge in [0.15, 0.2) is 11.4 Å². The van der Waals surface area contributed by atoms with Crippen molar-refractivity contribution in [1.29, 1.82) is 0 Å². The molecule has 3 N–H and O–H groups in total. The summed E-state index contributed by atoms with van der Waals surface area (Å²) in [7, 11) is 1.32. The highest BCUT2D eigenvalue weighted by Crippen LogP contribution is 2.48. The SMILES string of the molecule is COc1cc2c(cc1[N+](=O)[O-])OC(C)(C)C(O)(O)C2NCCc1ccccc1. The molecule has 8 heteroatoms. The van der Waals surface area contributed by atoms with E-state index in [1.807, 2.05) is 30.3 Å². The van der Waals surface area contributed by atoms with Crippen molar-refractivity contribution in [3.05, 3.63) is 63.7 Å². The lowest BCUT2D eigenvalue weighted by molar-refractivity contribution is -0.386. The molecule has 2 aromatic rings. The van der Waals surface area contributed by atoms with Gasteiger partial charge in [-0.3, -0.25) is 10.1 Å². The molecular weight excluding hydrogens is 364 g/mol. The van der Waals surface area contributed by atoms with Gasteiger partial charge < -0.3 is 25.0 Å². The van der Waals surface area contributed by atoms with E-state index in [2.05, 4.69) is 5.32 Å². The Kier molecular flexibility index (Phi) is 5.29. The van der Waals surface area contributed by atoms with Crippen LogP contribution in [0, 0.1) is 10.1 Å². The number of rotatable bonds is 6. The van der Waals surface area contributed by atoms with Crippen LogP contribution >= 0.6 is 0 Å². The molecule has 2 aromatic carbocycles. The summed E-state index contributed by atoms with van der Waals surface area (Å²) in [6.07, 6.45) is 0.675. The minimum absolute atomic E-state index is 0.0257. The molecular formula is C20H24N2O6. The molecule has 0 aromatic heterocycles. The molecule has 1 heterocycles. The van der Waals surface area contributed by atoms with Gasteiger partial charge >= 0.3 is 5.69 Å². The average molecular weight is 388 g/mol. The van der Waals surface area contributed by atoms with Gasteiger partial charge in [0.2, 0.25) is 5.79 Å². The third-order valence-corrected chi connectivity index (χ3v) is 5.08. The first-order valence-corrected chi connectivity index (χ1v) is 8.95. The highest BCUT2D eigenvalue weighted by molar-refractivity contribution is 5.57. The number of hydrogen-bond acceptors (Lipinski definition) is 7. The number of benzene rings is 2. The summed E-state index contributed by atoms with van der Waals surface area (Å²) in [6, 6.07) is 11.5. The van der Waals surface area contributed by atoms with Gasteiger partial charge in [-0.25, -0.2) is 0 Å².